The first-order valence-electron chi connectivity index (χ1n) is 8.65. The number of hydrogen-bond donors (Lipinski definition) is 2. The highest BCUT2D eigenvalue weighted by molar-refractivity contribution is 5.70. The molecule has 0 saturated carbocycles. The van der Waals surface area contributed by atoms with Crippen LogP contribution in [0.4, 0.5) is 0 Å². The SMILES string of the molecule is C/C=C(\C)[C@H]1OC(=O)C[C@H](O)CC[C@@](C)(O)[C@@H](OC(C)=O)/C=C/[C@@H]1C. The number of rotatable bonds is 2. The van der Waals surface area contributed by atoms with Gasteiger partial charge in [-0.15, -0.1) is 0 Å². The molecule has 0 spiro atoms. The molecular weight excluding hydrogens is 324 g/mol. The minimum atomic E-state index is -1.35. The van der Waals surface area contributed by atoms with E-state index in [0.717, 1.165) is 5.57 Å². The monoisotopic (exact) mass is 354 g/mol. The number of aliphatic hydroxyl groups is 2. The molecule has 0 amide bonds. The lowest BCUT2D eigenvalue weighted by molar-refractivity contribution is -0.157. The summed E-state index contributed by atoms with van der Waals surface area (Å²) in [5, 5.41) is 20.8. The number of cyclic esters (lactones) is 1. The highest BCUT2D eigenvalue weighted by Crippen LogP contribution is 2.26. The summed E-state index contributed by atoms with van der Waals surface area (Å²) in [7, 11) is 0. The summed E-state index contributed by atoms with van der Waals surface area (Å²) in [4.78, 5) is 23.5. The minimum Gasteiger partial charge on any atom is -0.457 e. The Hall–Kier alpha value is -1.66. The highest BCUT2D eigenvalue weighted by Gasteiger charge is 2.34. The largest absolute Gasteiger partial charge is 0.457 e. The van der Waals surface area contributed by atoms with Gasteiger partial charge in [-0.05, 0) is 45.3 Å². The van der Waals surface area contributed by atoms with Gasteiger partial charge in [0, 0.05) is 12.8 Å². The Kier molecular flexibility index (Phi) is 7.83. The Bertz CT molecular complexity index is 534. The van der Waals surface area contributed by atoms with Gasteiger partial charge < -0.3 is 19.7 Å². The molecule has 0 bridgehead atoms. The number of carbonyl (C=O) groups excluding carboxylic acids is 2. The first kappa shape index (κ1) is 21.4. The van der Waals surface area contributed by atoms with E-state index >= 15 is 0 Å². The standard InChI is InChI=1S/C19H30O6/c1-6-12(2)18-13(3)7-8-16(24-14(4)20)19(5,23)10-9-15(21)11-17(22)25-18/h6-8,13,15-16,18,21,23H,9-11H2,1-5H3/b8-7+,12-6+/t13-,15+,16-,18+,19+/m0/s1. The molecule has 1 aliphatic heterocycles. The third-order valence-corrected chi connectivity index (χ3v) is 4.52. The molecule has 0 aromatic carbocycles. The van der Waals surface area contributed by atoms with E-state index in [1.54, 1.807) is 19.1 Å². The molecule has 6 nitrogen and oxygen atoms in total. The van der Waals surface area contributed by atoms with Crippen LogP contribution in [0.1, 0.15) is 53.9 Å². The summed E-state index contributed by atoms with van der Waals surface area (Å²) >= 11 is 0. The Labute approximate surface area is 149 Å². The fourth-order valence-corrected chi connectivity index (χ4v) is 2.79. The van der Waals surface area contributed by atoms with Gasteiger partial charge in [0.1, 0.15) is 17.8 Å². The van der Waals surface area contributed by atoms with Gasteiger partial charge in [-0.1, -0.05) is 19.1 Å². The van der Waals surface area contributed by atoms with Gasteiger partial charge in [-0.25, -0.2) is 0 Å². The number of aliphatic hydroxyl groups excluding tert-OH is 1. The van der Waals surface area contributed by atoms with Crippen LogP contribution < -0.4 is 0 Å². The average molecular weight is 354 g/mol. The van der Waals surface area contributed by atoms with E-state index in [9.17, 15) is 19.8 Å². The lowest BCUT2D eigenvalue weighted by atomic mass is 9.89. The number of allylic oxidation sites excluding steroid dienone is 1. The van der Waals surface area contributed by atoms with Crippen molar-refractivity contribution in [2.45, 2.75) is 77.8 Å². The van der Waals surface area contributed by atoms with Crippen molar-refractivity contribution in [3.63, 3.8) is 0 Å². The zero-order chi connectivity index (χ0) is 19.2. The Morgan fingerprint density at radius 2 is 2.04 bits per heavy atom. The first-order chi connectivity index (χ1) is 11.6. The molecule has 0 radical (unpaired) electrons. The molecule has 0 unspecified atom stereocenters. The summed E-state index contributed by atoms with van der Waals surface area (Å²) in [5.74, 6) is -1.16. The quantitative estimate of drug-likeness (QED) is 0.584. The predicted octanol–water partition coefficient (Wildman–Crippen LogP) is 2.28. The maximum Gasteiger partial charge on any atom is 0.309 e. The van der Waals surface area contributed by atoms with E-state index in [1.807, 2.05) is 26.8 Å². The molecule has 0 aliphatic carbocycles. The van der Waals surface area contributed by atoms with E-state index in [2.05, 4.69) is 0 Å². The van der Waals surface area contributed by atoms with E-state index in [0.29, 0.717) is 0 Å². The summed E-state index contributed by atoms with van der Waals surface area (Å²) in [6.07, 6.45) is 3.25. The zero-order valence-electron chi connectivity index (χ0n) is 15.7. The van der Waals surface area contributed by atoms with Crippen LogP contribution in [0.5, 0.6) is 0 Å². The van der Waals surface area contributed by atoms with Crippen molar-refractivity contribution in [1.29, 1.82) is 0 Å². The smallest absolute Gasteiger partial charge is 0.309 e. The molecule has 0 aromatic rings. The summed E-state index contributed by atoms with van der Waals surface area (Å²) < 4.78 is 10.8. The Balaban J connectivity index is 3.20. The van der Waals surface area contributed by atoms with Crippen LogP contribution in [0.3, 0.4) is 0 Å². The normalized spacial score (nSPS) is 36.6. The van der Waals surface area contributed by atoms with Gasteiger partial charge >= 0.3 is 11.9 Å². The highest BCUT2D eigenvalue weighted by atomic mass is 16.6. The van der Waals surface area contributed by atoms with Crippen LogP contribution in [0, 0.1) is 5.92 Å². The summed E-state index contributed by atoms with van der Waals surface area (Å²) in [6.45, 7) is 8.44. The van der Waals surface area contributed by atoms with E-state index in [4.69, 9.17) is 9.47 Å². The summed E-state index contributed by atoms with van der Waals surface area (Å²) in [6, 6.07) is 0. The van der Waals surface area contributed by atoms with Crippen molar-refractivity contribution < 1.29 is 29.3 Å². The molecule has 5 atom stereocenters. The van der Waals surface area contributed by atoms with Crippen LogP contribution in [-0.2, 0) is 19.1 Å². The van der Waals surface area contributed by atoms with Gasteiger partial charge in [0.25, 0.3) is 0 Å². The molecular formula is C19H30O6. The maximum atomic E-state index is 12.1. The Morgan fingerprint density at radius 3 is 2.60 bits per heavy atom. The molecule has 6 heteroatoms. The van der Waals surface area contributed by atoms with Gasteiger partial charge in [0.2, 0.25) is 0 Å². The molecule has 142 valence electrons. The Morgan fingerprint density at radius 1 is 1.40 bits per heavy atom. The van der Waals surface area contributed by atoms with E-state index < -0.39 is 35.9 Å². The summed E-state index contributed by atoms with van der Waals surface area (Å²) in [5.41, 5.74) is -0.468. The van der Waals surface area contributed by atoms with Crippen LogP contribution in [-0.4, -0.2) is 46.1 Å². The lowest BCUT2D eigenvalue weighted by Gasteiger charge is -2.32. The average Bonchev–Trinajstić information content (AvgIpc) is 2.52. The molecule has 0 saturated heterocycles. The molecule has 25 heavy (non-hydrogen) atoms. The van der Waals surface area contributed by atoms with E-state index in [1.165, 1.54) is 6.92 Å². The lowest BCUT2D eigenvalue weighted by Crippen LogP contribution is -2.42. The molecule has 0 aromatic heterocycles. The number of hydrogen-bond acceptors (Lipinski definition) is 6. The fourth-order valence-electron chi connectivity index (χ4n) is 2.79. The van der Waals surface area contributed by atoms with Gasteiger partial charge in [0.05, 0.1) is 12.5 Å². The number of ether oxygens (including phenoxy) is 2. The van der Waals surface area contributed by atoms with Crippen molar-refractivity contribution in [2.75, 3.05) is 0 Å². The van der Waals surface area contributed by atoms with Gasteiger partial charge in [-0.3, -0.25) is 9.59 Å². The van der Waals surface area contributed by atoms with Crippen molar-refractivity contribution in [2.24, 2.45) is 5.92 Å². The third-order valence-electron chi connectivity index (χ3n) is 4.52. The van der Waals surface area contributed by atoms with Crippen molar-refractivity contribution in [1.82, 2.24) is 0 Å². The second kappa shape index (κ2) is 9.15. The van der Waals surface area contributed by atoms with Crippen molar-refractivity contribution >= 4 is 11.9 Å². The fraction of sp³-hybridized carbons (Fsp3) is 0.684. The zero-order valence-corrected chi connectivity index (χ0v) is 15.7. The van der Waals surface area contributed by atoms with Crippen LogP contribution in [0.15, 0.2) is 23.8 Å². The maximum absolute atomic E-state index is 12.1. The van der Waals surface area contributed by atoms with E-state index in [-0.39, 0.29) is 25.2 Å². The second-order valence-electron chi connectivity index (χ2n) is 6.97. The van der Waals surface area contributed by atoms with Crippen LogP contribution in [0.2, 0.25) is 0 Å². The first-order valence-corrected chi connectivity index (χ1v) is 8.65. The van der Waals surface area contributed by atoms with Gasteiger partial charge in [-0.2, -0.15) is 0 Å². The number of carbonyl (C=O) groups is 2. The predicted molar refractivity (Wildman–Crippen MR) is 93.7 cm³/mol. The van der Waals surface area contributed by atoms with Crippen LogP contribution >= 0.6 is 0 Å². The molecule has 0 fully saturated rings. The molecule has 1 heterocycles. The molecule has 1 rings (SSSR count). The van der Waals surface area contributed by atoms with Gasteiger partial charge in [0.15, 0.2) is 0 Å². The van der Waals surface area contributed by atoms with Crippen molar-refractivity contribution in [3.05, 3.63) is 23.8 Å². The second-order valence-corrected chi connectivity index (χ2v) is 6.97. The van der Waals surface area contributed by atoms with Crippen molar-refractivity contribution in [3.8, 4) is 0 Å². The topological polar surface area (TPSA) is 93.1 Å². The number of esters is 2. The molecule has 1 aliphatic rings. The molecule has 2 N–H and O–H groups in total. The third kappa shape index (κ3) is 6.63. The van der Waals surface area contributed by atoms with Crippen LogP contribution in [0.25, 0.3) is 0 Å². The minimum absolute atomic E-state index is 0.141.